The first-order valence-corrected chi connectivity index (χ1v) is 6.35. The molecule has 0 saturated carbocycles. The van der Waals surface area contributed by atoms with Gasteiger partial charge in [-0.25, -0.2) is 4.79 Å². The third kappa shape index (κ3) is 1.31. The van der Waals surface area contributed by atoms with Crippen molar-refractivity contribution in [3.8, 4) is 10.4 Å². The van der Waals surface area contributed by atoms with Crippen molar-refractivity contribution in [2.24, 2.45) is 0 Å². The number of hydrogen-bond donors (Lipinski definition) is 0. The Hall–Kier alpha value is -0.720. The maximum absolute atomic E-state index is 11.3. The van der Waals surface area contributed by atoms with Gasteiger partial charge in [-0.05, 0) is 0 Å². The van der Waals surface area contributed by atoms with Gasteiger partial charge in [-0.2, -0.15) is 0 Å². The van der Waals surface area contributed by atoms with E-state index in [2.05, 4.69) is 4.74 Å². The average Bonchev–Trinajstić information content (AvgIpc) is 2.68. The summed E-state index contributed by atoms with van der Waals surface area (Å²) < 4.78 is 4.51. The zero-order chi connectivity index (χ0) is 9.42. The predicted octanol–water partition coefficient (Wildman–Crippen LogP) is 2.12. The highest BCUT2D eigenvalue weighted by Crippen LogP contribution is 2.36. The topological polar surface area (TPSA) is 43.4 Å². The van der Waals surface area contributed by atoms with Crippen LogP contribution in [-0.2, 0) is 4.74 Å². The lowest BCUT2D eigenvalue weighted by Crippen LogP contribution is -2.03. The molecular weight excluding hydrogens is 228 g/mol. The van der Waals surface area contributed by atoms with Crippen LogP contribution in [0.25, 0.3) is 10.4 Å². The van der Waals surface area contributed by atoms with E-state index in [-0.39, 0.29) is 4.74 Å². The SMILES string of the molecule is COC(=O)c1ssc2csc(=O)c1-2. The highest BCUT2D eigenvalue weighted by atomic mass is 32.9. The van der Waals surface area contributed by atoms with Gasteiger partial charge < -0.3 is 4.74 Å². The summed E-state index contributed by atoms with van der Waals surface area (Å²) in [6, 6.07) is 0. The molecule has 0 amide bonds. The fraction of sp³-hybridized carbons (Fsp3) is 0.143. The van der Waals surface area contributed by atoms with E-state index in [1.54, 1.807) is 5.38 Å². The van der Waals surface area contributed by atoms with Gasteiger partial charge in [0.1, 0.15) is 4.88 Å². The fourth-order valence-corrected chi connectivity index (χ4v) is 4.57. The van der Waals surface area contributed by atoms with E-state index >= 15 is 0 Å². The summed E-state index contributed by atoms with van der Waals surface area (Å²) in [6.07, 6.45) is 0. The van der Waals surface area contributed by atoms with Crippen molar-refractivity contribution in [3.05, 3.63) is 19.8 Å². The molecule has 0 saturated heterocycles. The van der Waals surface area contributed by atoms with Crippen LogP contribution in [0.1, 0.15) is 9.67 Å². The fourth-order valence-electron chi connectivity index (χ4n) is 0.948. The van der Waals surface area contributed by atoms with Crippen LogP contribution >= 0.6 is 32.0 Å². The highest BCUT2D eigenvalue weighted by Gasteiger charge is 2.22. The third-order valence-electron chi connectivity index (χ3n) is 1.54. The van der Waals surface area contributed by atoms with Crippen LogP contribution < -0.4 is 4.74 Å². The number of ether oxygens (including phenoxy) is 1. The van der Waals surface area contributed by atoms with Gasteiger partial charge in [-0.15, -0.1) is 11.3 Å². The van der Waals surface area contributed by atoms with Crippen molar-refractivity contribution < 1.29 is 9.53 Å². The maximum atomic E-state index is 11.3. The molecule has 2 rings (SSSR count). The summed E-state index contributed by atoms with van der Waals surface area (Å²) in [7, 11) is 4.03. The molecule has 68 valence electrons. The Balaban J connectivity index is 2.65. The van der Waals surface area contributed by atoms with Crippen LogP contribution in [-0.4, -0.2) is 13.1 Å². The largest absolute Gasteiger partial charge is 0.465 e. The maximum Gasteiger partial charge on any atom is 0.349 e. The quantitative estimate of drug-likeness (QED) is 0.559. The Morgan fingerprint density at radius 2 is 2.23 bits per heavy atom. The lowest BCUT2D eigenvalue weighted by atomic mass is 10.2. The van der Waals surface area contributed by atoms with Gasteiger partial charge in [0.2, 0.25) is 4.74 Å². The predicted molar refractivity (Wildman–Crippen MR) is 54.3 cm³/mol. The number of carbonyl (C=O) groups is 1. The molecule has 0 fully saturated rings. The average molecular weight is 232 g/mol. The van der Waals surface area contributed by atoms with Crippen LogP contribution in [0.5, 0.6) is 0 Å². The number of hydrogen-bond acceptors (Lipinski definition) is 6. The standard InChI is InChI=1S/C7H4O3S3/c1-10-6(8)5-4-3(12-13-5)2-11-7(4)9/h2H,1H3. The minimum atomic E-state index is -0.424. The molecule has 2 aliphatic heterocycles. The zero-order valence-electron chi connectivity index (χ0n) is 6.53. The molecule has 0 radical (unpaired) electrons. The molecule has 0 spiro atoms. The first-order valence-electron chi connectivity index (χ1n) is 3.32. The molecule has 0 aromatic carbocycles. The molecule has 2 heterocycles. The third-order valence-corrected chi connectivity index (χ3v) is 4.87. The Kier molecular flexibility index (Phi) is 2.19. The number of rotatable bonds is 1. The number of methoxy groups -OCH3 is 1. The van der Waals surface area contributed by atoms with Crippen LogP contribution in [0.2, 0.25) is 0 Å². The van der Waals surface area contributed by atoms with E-state index in [4.69, 9.17) is 0 Å². The van der Waals surface area contributed by atoms with Crippen LogP contribution in [0, 0.1) is 0 Å². The Bertz CT molecular complexity index is 464. The number of carbonyl (C=O) groups excluding carboxylic acids is 1. The van der Waals surface area contributed by atoms with Crippen LogP contribution in [0.4, 0.5) is 0 Å². The van der Waals surface area contributed by atoms with Crippen molar-refractivity contribution in [2.45, 2.75) is 0 Å². The second kappa shape index (κ2) is 3.21. The van der Waals surface area contributed by atoms with Gasteiger partial charge in [0.15, 0.2) is 0 Å². The molecule has 0 aromatic heterocycles. The van der Waals surface area contributed by atoms with Crippen molar-refractivity contribution in [1.82, 2.24) is 0 Å². The van der Waals surface area contributed by atoms with E-state index in [1.807, 2.05) is 0 Å². The summed E-state index contributed by atoms with van der Waals surface area (Å²) in [5.74, 6) is -0.424. The van der Waals surface area contributed by atoms with E-state index in [0.29, 0.717) is 10.4 Å². The first-order chi connectivity index (χ1) is 6.24. The van der Waals surface area contributed by atoms with Crippen molar-refractivity contribution in [1.29, 1.82) is 0 Å². The summed E-state index contributed by atoms with van der Waals surface area (Å²) in [5.41, 5.74) is 0.520. The molecule has 6 heteroatoms. The number of thiophene rings is 1. The van der Waals surface area contributed by atoms with Crippen LogP contribution in [0.15, 0.2) is 10.2 Å². The molecule has 0 N–H and O–H groups in total. The van der Waals surface area contributed by atoms with Crippen molar-refractivity contribution in [3.63, 3.8) is 0 Å². The molecule has 0 atom stereocenters. The van der Waals surface area contributed by atoms with Gasteiger partial charge in [-0.3, -0.25) is 4.79 Å². The lowest BCUT2D eigenvalue weighted by Gasteiger charge is -1.93. The van der Waals surface area contributed by atoms with Gasteiger partial charge in [-0.1, -0.05) is 20.7 Å². The van der Waals surface area contributed by atoms with E-state index in [0.717, 1.165) is 16.2 Å². The molecule has 2 aliphatic rings. The van der Waals surface area contributed by atoms with Gasteiger partial charge >= 0.3 is 5.97 Å². The minimum absolute atomic E-state index is 0.0621. The van der Waals surface area contributed by atoms with E-state index in [1.165, 1.54) is 27.8 Å². The Morgan fingerprint density at radius 3 is 2.92 bits per heavy atom. The van der Waals surface area contributed by atoms with Gasteiger partial charge in [0, 0.05) is 5.38 Å². The summed E-state index contributed by atoms with van der Waals surface area (Å²) in [6.45, 7) is 0. The second-order valence-electron chi connectivity index (χ2n) is 2.25. The van der Waals surface area contributed by atoms with Gasteiger partial charge in [0.25, 0.3) is 0 Å². The smallest absolute Gasteiger partial charge is 0.349 e. The molecule has 0 bridgehead atoms. The molecule has 3 nitrogen and oxygen atoms in total. The Labute approximate surface area is 84.9 Å². The Morgan fingerprint density at radius 1 is 1.46 bits per heavy atom. The summed E-state index contributed by atoms with van der Waals surface area (Å²) in [5, 5.41) is 1.77. The summed E-state index contributed by atoms with van der Waals surface area (Å²) in [4.78, 5) is 23.8. The number of fused-ring (bicyclic) bond motifs is 1. The molecular formula is C7H4O3S3. The second-order valence-corrected chi connectivity index (χ2v) is 5.27. The molecule has 0 unspecified atom stereocenters. The highest BCUT2D eigenvalue weighted by molar-refractivity contribution is 7.72. The normalized spacial score (nSPS) is 10.5. The molecule has 13 heavy (non-hydrogen) atoms. The lowest BCUT2D eigenvalue weighted by molar-refractivity contribution is 0.0607. The molecule has 0 aliphatic carbocycles. The monoisotopic (exact) mass is 232 g/mol. The van der Waals surface area contributed by atoms with Crippen molar-refractivity contribution in [2.75, 3.05) is 7.11 Å². The van der Waals surface area contributed by atoms with Crippen molar-refractivity contribution >= 4 is 38.0 Å². The summed E-state index contributed by atoms with van der Waals surface area (Å²) >= 11 is 1.12. The minimum Gasteiger partial charge on any atom is -0.465 e. The van der Waals surface area contributed by atoms with E-state index < -0.39 is 5.97 Å². The van der Waals surface area contributed by atoms with Crippen LogP contribution in [0.3, 0.4) is 0 Å². The van der Waals surface area contributed by atoms with Gasteiger partial charge in [0.05, 0.1) is 17.6 Å². The van der Waals surface area contributed by atoms with E-state index in [9.17, 15) is 9.59 Å². The zero-order valence-corrected chi connectivity index (χ0v) is 8.98. The first kappa shape index (κ1) is 8.86. The molecule has 0 aromatic rings. The number of esters is 1.